The van der Waals surface area contributed by atoms with Crippen LogP contribution < -0.4 is 5.32 Å². The van der Waals surface area contributed by atoms with Gasteiger partial charge >= 0.3 is 0 Å². The Bertz CT molecular complexity index is 926. The molecule has 2 aromatic heterocycles. The molecular weight excluding hydrogens is 360 g/mol. The van der Waals surface area contributed by atoms with Crippen LogP contribution in [0.1, 0.15) is 24.3 Å². The lowest BCUT2D eigenvalue weighted by Crippen LogP contribution is -2.39. The average Bonchev–Trinajstić information content (AvgIpc) is 2.76. The molecule has 5 nitrogen and oxygen atoms in total. The fraction of sp³-hybridized carbons (Fsp3) is 0.250. The van der Waals surface area contributed by atoms with Crippen LogP contribution in [0.4, 0.5) is 11.5 Å². The molecule has 1 aromatic carbocycles. The van der Waals surface area contributed by atoms with Gasteiger partial charge in [0.25, 0.3) is 0 Å². The van der Waals surface area contributed by atoms with E-state index in [0.717, 1.165) is 43.4 Å². The van der Waals surface area contributed by atoms with Crippen molar-refractivity contribution >= 4 is 17.6 Å². The number of benzene rings is 1. The Balaban J connectivity index is 1.36. The lowest BCUT2D eigenvalue weighted by molar-refractivity contribution is -0.0288. The molecule has 0 radical (unpaired) electrons. The van der Waals surface area contributed by atoms with Gasteiger partial charge in [-0.1, -0.05) is 48.0 Å². The van der Waals surface area contributed by atoms with Crippen LogP contribution in [0, 0.1) is 0 Å². The summed E-state index contributed by atoms with van der Waals surface area (Å²) in [6, 6.07) is 20.3. The molecule has 1 atom stereocenters. The highest BCUT2D eigenvalue weighted by Gasteiger charge is 2.23. The van der Waals surface area contributed by atoms with E-state index >= 15 is 0 Å². The summed E-state index contributed by atoms with van der Waals surface area (Å²) in [7, 11) is 0. The van der Waals surface area contributed by atoms with Crippen LogP contribution in [-0.2, 0) is 4.74 Å². The molecule has 0 bridgehead atoms. The van der Waals surface area contributed by atoms with Crippen LogP contribution in [0.3, 0.4) is 0 Å². The van der Waals surface area contributed by atoms with Crippen LogP contribution in [0.2, 0.25) is 0 Å². The van der Waals surface area contributed by atoms with E-state index in [4.69, 9.17) is 4.74 Å². The van der Waals surface area contributed by atoms with Crippen molar-refractivity contribution in [3.63, 3.8) is 0 Å². The first-order chi connectivity index (χ1) is 14.3. The molecule has 3 heterocycles. The molecule has 1 N–H and O–H groups in total. The third kappa shape index (κ3) is 5.50. The molecule has 0 aliphatic carbocycles. The van der Waals surface area contributed by atoms with E-state index in [2.05, 4.69) is 57.4 Å². The maximum Gasteiger partial charge on any atom is 0.130 e. The van der Waals surface area contributed by atoms with Crippen molar-refractivity contribution in [3.8, 4) is 0 Å². The van der Waals surface area contributed by atoms with Gasteiger partial charge in [-0.2, -0.15) is 0 Å². The van der Waals surface area contributed by atoms with E-state index in [0.29, 0.717) is 0 Å². The monoisotopic (exact) mass is 386 g/mol. The van der Waals surface area contributed by atoms with Crippen LogP contribution >= 0.6 is 0 Å². The summed E-state index contributed by atoms with van der Waals surface area (Å²) in [6.45, 7) is 5.64. The van der Waals surface area contributed by atoms with Crippen molar-refractivity contribution < 1.29 is 4.74 Å². The summed E-state index contributed by atoms with van der Waals surface area (Å²) in [4.78, 5) is 11.3. The van der Waals surface area contributed by atoms with Crippen LogP contribution in [0.15, 0.2) is 78.6 Å². The second-order valence-corrected chi connectivity index (χ2v) is 7.31. The first-order valence-corrected chi connectivity index (χ1v) is 9.96. The number of hydrogen-bond acceptors (Lipinski definition) is 5. The smallest absolute Gasteiger partial charge is 0.130 e. The molecule has 1 saturated heterocycles. The minimum absolute atomic E-state index is 0.00262. The highest BCUT2D eigenvalue weighted by molar-refractivity contribution is 5.54. The van der Waals surface area contributed by atoms with Gasteiger partial charge < -0.3 is 10.1 Å². The third-order valence-electron chi connectivity index (χ3n) is 4.89. The Morgan fingerprint density at radius 1 is 1.10 bits per heavy atom. The lowest BCUT2D eigenvalue weighted by atomic mass is 10.1. The Labute approximate surface area is 172 Å². The second kappa shape index (κ2) is 9.45. The summed E-state index contributed by atoms with van der Waals surface area (Å²) < 4.78 is 6.00. The first kappa shape index (κ1) is 19.3. The van der Waals surface area contributed by atoms with Crippen molar-refractivity contribution in [2.45, 2.75) is 13.0 Å². The normalized spacial score (nSPS) is 17.8. The lowest BCUT2D eigenvalue weighted by Gasteiger charge is -2.32. The molecule has 29 heavy (non-hydrogen) atoms. The number of anilines is 2. The highest BCUT2D eigenvalue weighted by atomic mass is 16.5. The molecule has 0 saturated carbocycles. The van der Waals surface area contributed by atoms with Gasteiger partial charge in [-0.05, 0) is 36.8 Å². The second-order valence-electron chi connectivity index (χ2n) is 7.31. The molecule has 4 rings (SSSR count). The van der Waals surface area contributed by atoms with Gasteiger partial charge in [-0.3, -0.25) is 9.88 Å². The molecule has 1 fully saturated rings. The molecular formula is C24H26N4O. The molecule has 1 aliphatic rings. The predicted molar refractivity (Wildman–Crippen MR) is 117 cm³/mol. The zero-order valence-corrected chi connectivity index (χ0v) is 16.7. The zero-order valence-electron chi connectivity index (χ0n) is 16.7. The van der Waals surface area contributed by atoms with Gasteiger partial charge in [0.2, 0.25) is 0 Å². The van der Waals surface area contributed by atoms with Crippen molar-refractivity contribution in [1.29, 1.82) is 0 Å². The van der Waals surface area contributed by atoms with Crippen LogP contribution in [-0.4, -0.2) is 41.1 Å². The highest BCUT2D eigenvalue weighted by Crippen LogP contribution is 2.23. The molecule has 1 aliphatic heterocycles. The summed E-state index contributed by atoms with van der Waals surface area (Å²) in [5.74, 6) is 0.808. The van der Waals surface area contributed by atoms with Gasteiger partial charge in [-0.25, -0.2) is 4.98 Å². The van der Waals surface area contributed by atoms with Gasteiger partial charge in [-0.15, -0.1) is 0 Å². The van der Waals surface area contributed by atoms with E-state index in [9.17, 15) is 0 Å². The van der Waals surface area contributed by atoms with E-state index in [-0.39, 0.29) is 6.10 Å². The number of nitrogens with one attached hydrogen (secondary N) is 1. The number of aromatic nitrogens is 2. The van der Waals surface area contributed by atoms with Gasteiger partial charge in [0.15, 0.2) is 0 Å². The van der Waals surface area contributed by atoms with Gasteiger partial charge in [0.1, 0.15) is 11.9 Å². The minimum atomic E-state index is -0.00262. The summed E-state index contributed by atoms with van der Waals surface area (Å²) in [5.41, 5.74) is 4.47. The maximum atomic E-state index is 6.00. The quantitative estimate of drug-likeness (QED) is 0.666. The van der Waals surface area contributed by atoms with Gasteiger partial charge in [0.05, 0.1) is 24.2 Å². The third-order valence-corrected chi connectivity index (χ3v) is 4.89. The standard InChI is InChI=1S/C24H26N4O/c1-19(15-20-7-3-2-4-8-20)17-28-13-14-29-23(18-28)22-11-10-21(16-26-22)27-24-9-5-6-12-25-24/h2-12,15-16,23H,13-14,17-18H2,1H3,(H,25,27). The Morgan fingerprint density at radius 2 is 1.97 bits per heavy atom. The molecule has 5 heteroatoms. The molecule has 3 aromatic rings. The fourth-order valence-electron chi connectivity index (χ4n) is 3.51. The molecule has 1 unspecified atom stereocenters. The number of pyridine rings is 2. The SMILES string of the molecule is CC(=Cc1ccccc1)CN1CCOC(c2ccc(Nc3ccccn3)cn2)C1. The Kier molecular flexibility index (Phi) is 6.29. The van der Waals surface area contributed by atoms with E-state index in [1.165, 1.54) is 11.1 Å². The van der Waals surface area contributed by atoms with E-state index in [1.54, 1.807) is 6.20 Å². The first-order valence-electron chi connectivity index (χ1n) is 9.96. The largest absolute Gasteiger partial charge is 0.369 e. The Hall–Kier alpha value is -3.02. The van der Waals surface area contributed by atoms with Crippen molar-refractivity contribution in [1.82, 2.24) is 14.9 Å². The maximum absolute atomic E-state index is 6.00. The average molecular weight is 386 g/mol. The minimum Gasteiger partial charge on any atom is -0.369 e. The predicted octanol–water partition coefficient (Wildman–Crippen LogP) is 4.70. The summed E-state index contributed by atoms with van der Waals surface area (Å²) >= 11 is 0. The Morgan fingerprint density at radius 3 is 2.72 bits per heavy atom. The number of ether oxygens (including phenoxy) is 1. The number of rotatable bonds is 6. The molecule has 148 valence electrons. The molecule has 0 amide bonds. The van der Waals surface area contributed by atoms with Crippen molar-refractivity contribution in [3.05, 3.63) is 89.9 Å². The van der Waals surface area contributed by atoms with Crippen LogP contribution in [0.25, 0.3) is 6.08 Å². The summed E-state index contributed by atoms with van der Waals surface area (Å²) in [5, 5.41) is 3.26. The van der Waals surface area contributed by atoms with E-state index in [1.807, 2.05) is 42.6 Å². The number of nitrogens with zero attached hydrogens (tertiary/aromatic N) is 3. The topological polar surface area (TPSA) is 50.3 Å². The van der Waals surface area contributed by atoms with Crippen molar-refractivity contribution in [2.75, 3.05) is 31.6 Å². The van der Waals surface area contributed by atoms with E-state index < -0.39 is 0 Å². The zero-order chi connectivity index (χ0) is 19.9. The van der Waals surface area contributed by atoms with Crippen molar-refractivity contribution in [2.24, 2.45) is 0 Å². The number of morpholine rings is 1. The number of hydrogen-bond donors (Lipinski definition) is 1. The van der Waals surface area contributed by atoms with Crippen LogP contribution in [0.5, 0.6) is 0 Å². The van der Waals surface area contributed by atoms with Gasteiger partial charge in [0, 0.05) is 25.8 Å². The fourth-order valence-corrected chi connectivity index (χ4v) is 3.51. The summed E-state index contributed by atoms with van der Waals surface area (Å²) in [6.07, 6.45) is 5.86. The molecule has 0 spiro atoms.